The van der Waals surface area contributed by atoms with E-state index in [9.17, 15) is 5.11 Å². The highest BCUT2D eigenvalue weighted by molar-refractivity contribution is 5.35. The van der Waals surface area contributed by atoms with Crippen LogP contribution in [0, 0.1) is 0 Å². The van der Waals surface area contributed by atoms with Crippen LogP contribution in [0.25, 0.3) is 0 Å². The first-order valence-electron chi connectivity index (χ1n) is 8.58. The third kappa shape index (κ3) is 4.34. The molecule has 20 heavy (non-hydrogen) atoms. The molecule has 0 aliphatic heterocycles. The minimum absolute atomic E-state index is 0.130. The summed E-state index contributed by atoms with van der Waals surface area (Å²) >= 11 is 0. The van der Waals surface area contributed by atoms with Crippen LogP contribution in [-0.4, -0.2) is 11.2 Å². The summed E-state index contributed by atoms with van der Waals surface area (Å²) in [6.07, 6.45) is 12.4. The first-order chi connectivity index (χ1) is 9.83. The van der Waals surface area contributed by atoms with Gasteiger partial charge >= 0.3 is 0 Å². The molecule has 1 aliphatic carbocycles. The lowest BCUT2D eigenvalue weighted by atomic mass is 9.91. The van der Waals surface area contributed by atoms with Gasteiger partial charge in [0.1, 0.15) is 0 Å². The molecule has 2 unspecified atom stereocenters. The molecule has 1 N–H and O–H groups in total. The molecule has 0 fully saturated rings. The molecule has 1 aliphatic rings. The zero-order valence-electron chi connectivity index (χ0n) is 13.0. The average molecular weight is 274 g/mol. The maximum absolute atomic E-state index is 10.4. The van der Waals surface area contributed by atoms with Gasteiger partial charge in [0.25, 0.3) is 0 Å². The molecule has 2 atom stereocenters. The number of hydrogen-bond acceptors (Lipinski definition) is 1. The Morgan fingerprint density at radius 2 is 1.75 bits per heavy atom. The van der Waals surface area contributed by atoms with Crippen molar-refractivity contribution >= 4 is 0 Å². The number of rotatable bonds is 9. The van der Waals surface area contributed by atoms with Crippen molar-refractivity contribution in [3.8, 4) is 0 Å². The molecular formula is C19H30O. The third-order valence-corrected chi connectivity index (χ3v) is 4.75. The maximum Gasteiger partial charge on any atom is 0.0608 e. The van der Waals surface area contributed by atoms with E-state index in [4.69, 9.17) is 0 Å². The fourth-order valence-electron chi connectivity index (χ4n) is 3.50. The van der Waals surface area contributed by atoms with Gasteiger partial charge < -0.3 is 5.11 Å². The molecule has 0 bridgehead atoms. The van der Waals surface area contributed by atoms with Gasteiger partial charge in [-0.15, -0.1) is 0 Å². The quantitative estimate of drug-likeness (QED) is 0.612. The van der Waals surface area contributed by atoms with Crippen LogP contribution in [0.15, 0.2) is 24.3 Å². The molecule has 112 valence electrons. The van der Waals surface area contributed by atoms with E-state index in [1.54, 1.807) is 0 Å². The van der Waals surface area contributed by atoms with Gasteiger partial charge in [0, 0.05) is 5.92 Å². The van der Waals surface area contributed by atoms with Crippen molar-refractivity contribution in [2.75, 3.05) is 0 Å². The molecule has 0 spiro atoms. The second-order valence-electron chi connectivity index (χ2n) is 6.32. The summed E-state index contributed by atoms with van der Waals surface area (Å²) in [6, 6.07) is 8.65. The molecule has 0 amide bonds. The lowest BCUT2D eigenvalue weighted by Crippen LogP contribution is -2.16. The van der Waals surface area contributed by atoms with Crippen molar-refractivity contribution in [2.24, 2.45) is 0 Å². The van der Waals surface area contributed by atoms with Crippen LogP contribution in [0.2, 0.25) is 0 Å². The Bertz CT molecular complexity index is 385. The minimum Gasteiger partial charge on any atom is -0.392 e. The second kappa shape index (κ2) is 8.46. The summed E-state index contributed by atoms with van der Waals surface area (Å²) in [4.78, 5) is 0. The van der Waals surface area contributed by atoms with Gasteiger partial charge in [0.2, 0.25) is 0 Å². The maximum atomic E-state index is 10.4. The Balaban J connectivity index is 1.65. The van der Waals surface area contributed by atoms with Gasteiger partial charge in [0.15, 0.2) is 0 Å². The second-order valence-corrected chi connectivity index (χ2v) is 6.32. The zero-order chi connectivity index (χ0) is 14.2. The first-order valence-corrected chi connectivity index (χ1v) is 8.58. The van der Waals surface area contributed by atoms with E-state index in [2.05, 4.69) is 31.2 Å². The SMILES string of the molecule is CCCCCCCCCC(O)C1CCc2ccccc21. The number of aliphatic hydroxyl groups is 1. The Hall–Kier alpha value is -0.820. The molecule has 1 heteroatoms. The van der Waals surface area contributed by atoms with Crippen LogP contribution in [0.3, 0.4) is 0 Å². The largest absolute Gasteiger partial charge is 0.392 e. The van der Waals surface area contributed by atoms with E-state index in [1.807, 2.05) is 0 Å². The molecule has 1 aromatic rings. The van der Waals surface area contributed by atoms with Gasteiger partial charge in [-0.05, 0) is 30.4 Å². The molecular weight excluding hydrogens is 244 g/mol. The van der Waals surface area contributed by atoms with Crippen molar-refractivity contribution in [3.63, 3.8) is 0 Å². The normalized spacial score (nSPS) is 19.0. The van der Waals surface area contributed by atoms with Gasteiger partial charge in [-0.3, -0.25) is 0 Å². The van der Waals surface area contributed by atoms with Crippen LogP contribution in [0.4, 0.5) is 0 Å². The molecule has 0 saturated carbocycles. The van der Waals surface area contributed by atoms with Crippen LogP contribution < -0.4 is 0 Å². The fraction of sp³-hybridized carbons (Fsp3) is 0.684. The Morgan fingerprint density at radius 1 is 1.05 bits per heavy atom. The summed E-state index contributed by atoms with van der Waals surface area (Å²) in [5.41, 5.74) is 2.86. The fourth-order valence-corrected chi connectivity index (χ4v) is 3.50. The summed E-state index contributed by atoms with van der Waals surface area (Å²) in [5, 5.41) is 10.4. The number of aryl methyl sites for hydroxylation is 1. The van der Waals surface area contributed by atoms with E-state index in [0.29, 0.717) is 5.92 Å². The predicted molar refractivity (Wildman–Crippen MR) is 86.1 cm³/mol. The highest BCUT2D eigenvalue weighted by Crippen LogP contribution is 2.36. The van der Waals surface area contributed by atoms with Crippen molar-refractivity contribution in [1.82, 2.24) is 0 Å². The Kier molecular flexibility index (Phi) is 6.59. The van der Waals surface area contributed by atoms with Crippen LogP contribution >= 0.6 is 0 Å². The molecule has 1 aromatic carbocycles. The highest BCUT2D eigenvalue weighted by atomic mass is 16.3. The molecule has 2 rings (SSSR count). The standard InChI is InChI=1S/C19H30O/c1-2-3-4-5-6-7-8-13-19(20)18-15-14-16-11-9-10-12-17(16)18/h9-12,18-20H,2-8,13-15H2,1H3. The van der Waals surface area contributed by atoms with Crippen molar-refractivity contribution in [1.29, 1.82) is 0 Å². The Morgan fingerprint density at radius 3 is 2.55 bits per heavy atom. The van der Waals surface area contributed by atoms with Crippen molar-refractivity contribution in [3.05, 3.63) is 35.4 Å². The smallest absolute Gasteiger partial charge is 0.0608 e. The van der Waals surface area contributed by atoms with E-state index in [1.165, 1.54) is 56.1 Å². The molecule has 0 saturated heterocycles. The molecule has 1 nitrogen and oxygen atoms in total. The monoisotopic (exact) mass is 274 g/mol. The zero-order valence-corrected chi connectivity index (χ0v) is 13.0. The van der Waals surface area contributed by atoms with E-state index in [-0.39, 0.29) is 6.10 Å². The van der Waals surface area contributed by atoms with Crippen LogP contribution in [0.1, 0.15) is 81.8 Å². The lowest BCUT2D eigenvalue weighted by molar-refractivity contribution is 0.130. The molecule has 0 heterocycles. The number of hydrogen-bond donors (Lipinski definition) is 1. The van der Waals surface area contributed by atoms with E-state index < -0.39 is 0 Å². The van der Waals surface area contributed by atoms with Crippen molar-refractivity contribution in [2.45, 2.75) is 83.2 Å². The van der Waals surface area contributed by atoms with Crippen LogP contribution in [0.5, 0.6) is 0 Å². The van der Waals surface area contributed by atoms with Gasteiger partial charge in [0.05, 0.1) is 6.10 Å². The summed E-state index contributed by atoms with van der Waals surface area (Å²) in [5.74, 6) is 0.395. The predicted octanol–water partition coefficient (Wildman–Crippen LogP) is 5.22. The summed E-state index contributed by atoms with van der Waals surface area (Å²) < 4.78 is 0. The van der Waals surface area contributed by atoms with Gasteiger partial charge in [-0.1, -0.05) is 76.1 Å². The number of aliphatic hydroxyl groups excluding tert-OH is 1. The molecule has 0 aromatic heterocycles. The Labute approximate surface area is 124 Å². The number of benzene rings is 1. The average Bonchev–Trinajstić information content (AvgIpc) is 2.90. The topological polar surface area (TPSA) is 20.2 Å². The first kappa shape index (κ1) is 15.6. The lowest BCUT2D eigenvalue weighted by Gasteiger charge is -2.19. The van der Waals surface area contributed by atoms with E-state index >= 15 is 0 Å². The summed E-state index contributed by atoms with van der Waals surface area (Å²) in [6.45, 7) is 2.26. The molecule has 0 radical (unpaired) electrons. The minimum atomic E-state index is -0.130. The summed E-state index contributed by atoms with van der Waals surface area (Å²) in [7, 11) is 0. The van der Waals surface area contributed by atoms with Crippen LogP contribution in [-0.2, 0) is 6.42 Å². The van der Waals surface area contributed by atoms with Gasteiger partial charge in [-0.25, -0.2) is 0 Å². The third-order valence-electron chi connectivity index (χ3n) is 4.75. The van der Waals surface area contributed by atoms with Gasteiger partial charge in [-0.2, -0.15) is 0 Å². The van der Waals surface area contributed by atoms with E-state index in [0.717, 1.165) is 19.3 Å². The number of unbranched alkanes of at least 4 members (excludes halogenated alkanes) is 6. The number of fused-ring (bicyclic) bond motifs is 1. The highest BCUT2D eigenvalue weighted by Gasteiger charge is 2.27. The van der Waals surface area contributed by atoms with Crippen molar-refractivity contribution < 1.29 is 5.11 Å².